The van der Waals surface area contributed by atoms with E-state index < -0.39 is 12.0 Å². The molecule has 112 valence electrons. The predicted octanol–water partition coefficient (Wildman–Crippen LogP) is 2.31. The number of rotatable bonds is 7. The van der Waals surface area contributed by atoms with Gasteiger partial charge in [0.2, 0.25) is 5.82 Å². The van der Waals surface area contributed by atoms with Crippen LogP contribution in [-0.2, 0) is 10.9 Å². The number of nitrogens with one attached hydrogen (secondary N) is 1. The molecular weight excluding hydrogens is 273 g/mol. The largest absolute Gasteiger partial charge is 0.451 e. The fraction of sp³-hybridized carbons (Fsp3) is 0.667. The van der Waals surface area contributed by atoms with Crippen LogP contribution < -0.4 is 11.1 Å². The van der Waals surface area contributed by atoms with Gasteiger partial charge in [-0.15, -0.1) is 0 Å². The molecule has 0 spiro atoms. The van der Waals surface area contributed by atoms with Gasteiger partial charge in [-0.05, 0) is 25.2 Å². The highest BCUT2D eigenvalue weighted by Crippen LogP contribution is 2.29. The number of alkyl halides is 3. The van der Waals surface area contributed by atoms with E-state index in [1.807, 2.05) is 0 Å². The van der Waals surface area contributed by atoms with E-state index in [1.54, 1.807) is 0 Å². The Balaban J connectivity index is 1.75. The monoisotopic (exact) mass is 290 g/mol. The molecule has 0 unspecified atom stereocenters. The van der Waals surface area contributed by atoms with Gasteiger partial charge in [0.1, 0.15) is 11.6 Å². The van der Waals surface area contributed by atoms with Crippen LogP contribution in [0, 0.1) is 5.92 Å². The molecule has 1 fully saturated rings. The van der Waals surface area contributed by atoms with Crippen molar-refractivity contribution in [3.05, 3.63) is 11.9 Å². The zero-order valence-corrected chi connectivity index (χ0v) is 10.9. The van der Waals surface area contributed by atoms with E-state index in [-0.39, 0.29) is 11.6 Å². The van der Waals surface area contributed by atoms with Gasteiger partial charge >= 0.3 is 6.18 Å². The van der Waals surface area contributed by atoms with E-state index in [0.29, 0.717) is 25.5 Å². The third kappa shape index (κ3) is 4.84. The minimum Gasteiger partial charge on any atom is -0.384 e. The van der Waals surface area contributed by atoms with Crippen molar-refractivity contribution >= 4 is 11.6 Å². The van der Waals surface area contributed by atoms with E-state index >= 15 is 0 Å². The number of nitrogens with two attached hydrogens (primary N) is 1. The summed E-state index contributed by atoms with van der Waals surface area (Å²) in [5.41, 5.74) is 5.33. The molecule has 8 heteroatoms. The molecule has 1 saturated carbocycles. The smallest absolute Gasteiger partial charge is 0.384 e. The number of hydrogen-bond acceptors (Lipinski definition) is 5. The summed E-state index contributed by atoms with van der Waals surface area (Å²) in [5, 5.41) is 2.79. The summed E-state index contributed by atoms with van der Waals surface area (Å²) in [6.07, 6.45) is -1.44. The Labute approximate surface area is 114 Å². The lowest BCUT2D eigenvalue weighted by atomic mass is 10.4. The maximum absolute atomic E-state index is 12.5. The quantitative estimate of drug-likeness (QED) is 0.754. The van der Waals surface area contributed by atoms with Crippen LogP contribution in [0.15, 0.2) is 6.07 Å². The Morgan fingerprint density at radius 3 is 2.75 bits per heavy atom. The van der Waals surface area contributed by atoms with Crippen LogP contribution >= 0.6 is 0 Å². The lowest BCUT2D eigenvalue weighted by Gasteiger charge is -2.10. The molecular formula is C12H17F3N4O. The predicted molar refractivity (Wildman–Crippen MR) is 68.1 cm³/mol. The van der Waals surface area contributed by atoms with Crippen LogP contribution in [0.2, 0.25) is 0 Å². The second kappa shape index (κ2) is 6.25. The minimum atomic E-state index is -4.60. The molecule has 0 radical (unpaired) electrons. The van der Waals surface area contributed by atoms with E-state index in [4.69, 9.17) is 10.5 Å². The highest BCUT2D eigenvalue weighted by molar-refractivity contribution is 5.44. The summed E-state index contributed by atoms with van der Waals surface area (Å²) in [7, 11) is 0. The van der Waals surface area contributed by atoms with Crippen LogP contribution in [0.3, 0.4) is 0 Å². The van der Waals surface area contributed by atoms with Crippen molar-refractivity contribution in [3.63, 3.8) is 0 Å². The summed E-state index contributed by atoms with van der Waals surface area (Å²) in [6.45, 7) is 1.83. The van der Waals surface area contributed by atoms with Crippen LogP contribution in [0.5, 0.6) is 0 Å². The summed E-state index contributed by atoms with van der Waals surface area (Å²) < 4.78 is 42.9. The minimum absolute atomic E-state index is 0.0759. The highest BCUT2D eigenvalue weighted by atomic mass is 19.4. The second-order valence-electron chi connectivity index (χ2n) is 4.80. The SMILES string of the molecule is Nc1cc(NCCCOCC2CC2)nc(C(F)(F)F)n1. The van der Waals surface area contributed by atoms with Gasteiger partial charge in [-0.3, -0.25) is 0 Å². The van der Waals surface area contributed by atoms with Crippen molar-refractivity contribution < 1.29 is 17.9 Å². The summed E-state index contributed by atoms with van der Waals surface area (Å²) in [6, 6.07) is 1.28. The van der Waals surface area contributed by atoms with Crippen LogP contribution in [-0.4, -0.2) is 29.7 Å². The number of aromatic nitrogens is 2. The Morgan fingerprint density at radius 1 is 1.35 bits per heavy atom. The lowest BCUT2D eigenvalue weighted by molar-refractivity contribution is -0.144. The molecule has 5 nitrogen and oxygen atoms in total. The molecule has 0 aliphatic heterocycles. The zero-order valence-electron chi connectivity index (χ0n) is 10.9. The van der Waals surface area contributed by atoms with Crippen molar-refractivity contribution in [2.45, 2.75) is 25.4 Å². The van der Waals surface area contributed by atoms with Crippen molar-refractivity contribution in [2.75, 3.05) is 30.8 Å². The maximum Gasteiger partial charge on any atom is 0.451 e. The second-order valence-corrected chi connectivity index (χ2v) is 4.80. The van der Waals surface area contributed by atoms with Gasteiger partial charge in [0.05, 0.1) is 0 Å². The molecule has 20 heavy (non-hydrogen) atoms. The van der Waals surface area contributed by atoms with E-state index in [9.17, 15) is 13.2 Å². The van der Waals surface area contributed by atoms with Gasteiger partial charge in [0.15, 0.2) is 0 Å². The number of nitrogen functional groups attached to an aromatic ring is 1. The molecule has 0 aromatic carbocycles. The number of ether oxygens (including phenoxy) is 1. The first kappa shape index (κ1) is 14.8. The molecule has 2 rings (SSSR count). The average Bonchev–Trinajstić information content (AvgIpc) is 3.16. The summed E-state index contributed by atoms with van der Waals surface area (Å²) >= 11 is 0. The standard InChI is InChI=1S/C12H17F3N4O/c13-12(14,15)11-18-9(16)6-10(19-11)17-4-1-5-20-7-8-2-3-8/h6,8H,1-5,7H2,(H3,16,17,18,19). The van der Waals surface area contributed by atoms with Gasteiger partial charge in [0, 0.05) is 25.8 Å². The Morgan fingerprint density at radius 2 is 2.10 bits per heavy atom. The van der Waals surface area contributed by atoms with Crippen LogP contribution in [0.25, 0.3) is 0 Å². The maximum atomic E-state index is 12.5. The zero-order chi connectivity index (χ0) is 14.6. The molecule has 0 amide bonds. The van der Waals surface area contributed by atoms with Crippen molar-refractivity contribution in [2.24, 2.45) is 5.92 Å². The highest BCUT2D eigenvalue weighted by Gasteiger charge is 2.35. The van der Waals surface area contributed by atoms with Crippen LogP contribution in [0.4, 0.5) is 24.8 Å². The Kier molecular flexibility index (Phi) is 4.64. The molecule has 0 saturated heterocycles. The molecule has 0 atom stereocenters. The number of hydrogen-bond donors (Lipinski definition) is 2. The van der Waals surface area contributed by atoms with E-state index in [0.717, 1.165) is 6.61 Å². The third-order valence-corrected chi connectivity index (χ3v) is 2.82. The Hall–Kier alpha value is -1.57. The van der Waals surface area contributed by atoms with Gasteiger partial charge in [-0.1, -0.05) is 0 Å². The number of anilines is 2. The normalized spacial score (nSPS) is 15.3. The molecule has 1 aliphatic rings. The number of nitrogens with zero attached hydrogens (tertiary/aromatic N) is 2. The molecule has 0 bridgehead atoms. The fourth-order valence-electron chi connectivity index (χ4n) is 1.61. The fourth-order valence-corrected chi connectivity index (χ4v) is 1.61. The topological polar surface area (TPSA) is 73.1 Å². The first-order valence-corrected chi connectivity index (χ1v) is 6.48. The van der Waals surface area contributed by atoms with Gasteiger partial charge < -0.3 is 15.8 Å². The molecule has 1 aliphatic carbocycles. The first-order chi connectivity index (χ1) is 9.45. The molecule has 1 aromatic rings. The third-order valence-electron chi connectivity index (χ3n) is 2.82. The molecule has 1 aromatic heterocycles. The molecule has 3 N–H and O–H groups in total. The first-order valence-electron chi connectivity index (χ1n) is 6.48. The van der Waals surface area contributed by atoms with E-state index in [1.165, 1.54) is 18.9 Å². The molecule has 1 heterocycles. The average molecular weight is 290 g/mol. The number of halogens is 3. The van der Waals surface area contributed by atoms with E-state index in [2.05, 4.69) is 15.3 Å². The van der Waals surface area contributed by atoms with Gasteiger partial charge in [0.25, 0.3) is 0 Å². The van der Waals surface area contributed by atoms with Crippen LogP contribution in [0.1, 0.15) is 25.1 Å². The van der Waals surface area contributed by atoms with Crippen molar-refractivity contribution in [1.29, 1.82) is 0 Å². The van der Waals surface area contributed by atoms with Gasteiger partial charge in [-0.25, -0.2) is 9.97 Å². The van der Waals surface area contributed by atoms with Gasteiger partial charge in [-0.2, -0.15) is 13.2 Å². The summed E-state index contributed by atoms with van der Waals surface area (Å²) in [5.74, 6) is -0.657. The Bertz CT molecular complexity index is 449. The van der Waals surface area contributed by atoms with Crippen molar-refractivity contribution in [1.82, 2.24) is 9.97 Å². The van der Waals surface area contributed by atoms with Crippen molar-refractivity contribution in [3.8, 4) is 0 Å². The summed E-state index contributed by atoms with van der Waals surface area (Å²) in [4.78, 5) is 6.56. The lowest BCUT2D eigenvalue weighted by Crippen LogP contribution is -2.15.